The van der Waals surface area contributed by atoms with Crippen LogP contribution in [-0.2, 0) is 9.84 Å². The van der Waals surface area contributed by atoms with Gasteiger partial charge in [-0.05, 0) is 19.8 Å². The lowest BCUT2D eigenvalue weighted by Gasteiger charge is -2.25. The van der Waals surface area contributed by atoms with Gasteiger partial charge < -0.3 is 5.73 Å². The summed E-state index contributed by atoms with van der Waals surface area (Å²) in [6.07, 6.45) is 1.67. The van der Waals surface area contributed by atoms with E-state index in [2.05, 4.69) is 0 Å². The highest BCUT2D eigenvalue weighted by molar-refractivity contribution is 8.03. The van der Waals surface area contributed by atoms with Crippen LogP contribution in [0.3, 0.4) is 0 Å². The summed E-state index contributed by atoms with van der Waals surface area (Å²) in [5, 5.41) is -0.196. The van der Waals surface area contributed by atoms with Crippen molar-refractivity contribution in [1.82, 2.24) is 0 Å². The van der Waals surface area contributed by atoms with Crippen molar-refractivity contribution in [3.05, 3.63) is 0 Å². The molecule has 0 amide bonds. The van der Waals surface area contributed by atoms with E-state index in [1.807, 2.05) is 6.92 Å². The fourth-order valence-corrected chi connectivity index (χ4v) is 6.44. The molecular formula is C8H15NO2S2. The molecule has 3 nitrogen and oxygen atoms in total. The smallest absolute Gasteiger partial charge is 0.154 e. The van der Waals surface area contributed by atoms with Crippen molar-refractivity contribution < 1.29 is 8.42 Å². The van der Waals surface area contributed by atoms with Gasteiger partial charge in [0.05, 0.1) is 11.0 Å². The molecule has 2 fully saturated rings. The van der Waals surface area contributed by atoms with E-state index in [1.165, 1.54) is 0 Å². The SMILES string of the molecule is CC1C2(CCS1(=O)=O)CC(N)CS2. The Morgan fingerprint density at radius 3 is 2.62 bits per heavy atom. The molecule has 0 aromatic heterocycles. The third-order valence-corrected chi connectivity index (χ3v) is 7.63. The molecule has 3 atom stereocenters. The monoisotopic (exact) mass is 221 g/mol. The molecule has 0 aromatic rings. The van der Waals surface area contributed by atoms with E-state index < -0.39 is 9.84 Å². The molecule has 2 heterocycles. The third-order valence-electron chi connectivity index (χ3n) is 3.28. The number of sulfone groups is 1. The summed E-state index contributed by atoms with van der Waals surface area (Å²) in [6, 6.07) is 0.195. The quantitative estimate of drug-likeness (QED) is 0.643. The third kappa shape index (κ3) is 1.41. The molecule has 0 radical (unpaired) electrons. The molecule has 2 rings (SSSR count). The van der Waals surface area contributed by atoms with Crippen LogP contribution in [0.15, 0.2) is 0 Å². The lowest BCUT2D eigenvalue weighted by Crippen LogP contribution is -2.35. The highest BCUT2D eigenvalue weighted by Crippen LogP contribution is 2.49. The van der Waals surface area contributed by atoms with Crippen molar-refractivity contribution in [3.8, 4) is 0 Å². The fraction of sp³-hybridized carbons (Fsp3) is 1.00. The molecule has 76 valence electrons. The van der Waals surface area contributed by atoms with E-state index in [0.29, 0.717) is 5.75 Å². The Hall–Kier alpha value is 0.260. The summed E-state index contributed by atoms with van der Waals surface area (Å²) in [5.74, 6) is 1.27. The minimum atomic E-state index is -2.82. The van der Waals surface area contributed by atoms with Crippen LogP contribution in [0.2, 0.25) is 0 Å². The van der Waals surface area contributed by atoms with E-state index in [0.717, 1.165) is 18.6 Å². The molecule has 0 aromatic carbocycles. The topological polar surface area (TPSA) is 60.2 Å². The van der Waals surface area contributed by atoms with Crippen molar-refractivity contribution in [2.24, 2.45) is 5.73 Å². The Morgan fingerprint density at radius 1 is 1.54 bits per heavy atom. The first kappa shape index (κ1) is 9.80. The Labute approximate surface area is 83.4 Å². The molecule has 3 unspecified atom stereocenters. The lowest BCUT2D eigenvalue weighted by molar-refractivity contribution is 0.516. The maximum absolute atomic E-state index is 11.6. The minimum Gasteiger partial charge on any atom is -0.327 e. The molecule has 2 saturated heterocycles. The summed E-state index contributed by atoms with van der Waals surface area (Å²) in [7, 11) is -2.82. The van der Waals surface area contributed by atoms with Gasteiger partial charge in [-0.1, -0.05) is 0 Å². The Kier molecular flexibility index (Phi) is 2.17. The lowest BCUT2D eigenvalue weighted by atomic mass is 9.95. The van der Waals surface area contributed by atoms with Gasteiger partial charge in [0.15, 0.2) is 9.84 Å². The van der Waals surface area contributed by atoms with Crippen molar-refractivity contribution in [2.45, 2.75) is 35.8 Å². The van der Waals surface area contributed by atoms with Crippen LogP contribution >= 0.6 is 11.8 Å². The number of rotatable bonds is 0. The zero-order valence-corrected chi connectivity index (χ0v) is 9.33. The van der Waals surface area contributed by atoms with Gasteiger partial charge in [0.1, 0.15) is 0 Å². The standard InChI is InChI=1S/C8H15NO2S2/c1-6-8(2-3-13(6,10)11)4-7(9)5-12-8/h6-7H,2-5,9H2,1H3. The summed E-state index contributed by atoms with van der Waals surface area (Å²) in [4.78, 5) is 0. The highest BCUT2D eigenvalue weighted by atomic mass is 32.2. The second-order valence-electron chi connectivity index (χ2n) is 4.10. The predicted molar refractivity (Wildman–Crippen MR) is 55.6 cm³/mol. The summed E-state index contributed by atoms with van der Waals surface area (Å²) in [6.45, 7) is 1.84. The normalized spacial score (nSPS) is 48.8. The van der Waals surface area contributed by atoms with Crippen molar-refractivity contribution in [3.63, 3.8) is 0 Å². The molecule has 2 aliphatic heterocycles. The summed E-state index contributed by atoms with van der Waals surface area (Å²) in [5.41, 5.74) is 5.82. The number of hydrogen-bond acceptors (Lipinski definition) is 4. The van der Waals surface area contributed by atoms with Crippen molar-refractivity contribution >= 4 is 21.6 Å². The number of hydrogen-bond donors (Lipinski definition) is 1. The van der Waals surface area contributed by atoms with Crippen molar-refractivity contribution in [2.75, 3.05) is 11.5 Å². The highest BCUT2D eigenvalue weighted by Gasteiger charge is 2.53. The van der Waals surface area contributed by atoms with E-state index in [9.17, 15) is 8.42 Å². The van der Waals surface area contributed by atoms with Gasteiger partial charge in [-0.3, -0.25) is 0 Å². The van der Waals surface area contributed by atoms with Gasteiger partial charge in [-0.2, -0.15) is 11.8 Å². The van der Waals surface area contributed by atoms with Crippen LogP contribution in [-0.4, -0.2) is 36.0 Å². The van der Waals surface area contributed by atoms with Gasteiger partial charge in [0.25, 0.3) is 0 Å². The second-order valence-corrected chi connectivity index (χ2v) is 7.98. The van der Waals surface area contributed by atoms with Crippen LogP contribution in [0.4, 0.5) is 0 Å². The Bertz CT molecular complexity index is 314. The van der Waals surface area contributed by atoms with Crippen LogP contribution in [0.1, 0.15) is 19.8 Å². The molecule has 5 heteroatoms. The van der Waals surface area contributed by atoms with Crippen LogP contribution < -0.4 is 5.73 Å². The van der Waals surface area contributed by atoms with Crippen LogP contribution in [0.25, 0.3) is 0 Å². The Balaban J connectivity index is 2.28. The molecule has 2 aliphatic rings. The first-order valence-electron chi connectivity index (χ1n) is 4.57. The van der Waals surface area contributed by atoms with Gasteiger partial charge in [0.2, 0.25) is 0 Å². The van der Waals surface area contributed by atoms with Gasteiger partial charge in [0, 0.05) is 16.5 Å². The van der Waals surface area contributed by atoms with Gasteiger partial charge >= 0.3 is 0 Å². The first-order valence-corrected chi connectivity index (χ1v) is 7.27. The largest absolute Gasteiger partial charge is 0.327 e. The maximum atomic E-state index is 11.6. The molecule has 0 bridgehead atoms. The zero-order chi connectivity index (χ0) is 9.69. The average Bonchev–Trinajstić information content (AvgIpc) is 2.52. The van der Waals surface area contributed by atoms with Crippen LogP contribution in [0, 0.1) is 0 Å². The number of nitrogens with two attached hydrogens (primary N) is 1. The van der Waals surface area contributed by atoms with Crippen molar-refractivity contribution in [1.29, 1.82) is 0 Å². The van der Waals surface area contributed by atoms with Gasteiger partial charge in [-0.15, -0.1) is 0 Å². The molecule has 0 aliphatic carbocycles. The molecule has 1 spiro atoms. The van der Waals surface area contributed by atoms with E-state index in [1.54, 1.807) is 11.8 Å². The summed E-state index contributed by atoms with van der Waals surface area (Å²) >= 11 is 1.77. The maximum Gasteiger partial charge on any atom is 0.154 e. The second kappa shape index (κ2) is 2.87. The molecule has 0 saturated carbocycles. The Morgan fingerprint density at radius 2 is 2.23 bits per heavy atom. The summed E-state index contributed by atoms with van der Waals surface area (Å²) < 4.78 is 23.1. The minimum absolute atomic E-state index is 0.0434. The predicted octanol–water partition coefficient (Wildman–Crippen LogP) is 0.396. The van der Waals surface area contributed by atoms with Gasteiger partial charge in [-0.25, -0.2) is 8.42 Å². The average molecular weight is 221 g/mol. The fourth-order valence-electron chi connectivity index (χ4n) is 2.31. The van der Waals surface area contributed by atoms with E-state index >= 15 is 0 Å². The van der Waals surface area contributed by atoms with Crippen LogP contribution in [0.5, 0.6) is 0 Å². The first-order chi connectivity index (χ1) is 5.96. The molecule has 13 heavy (non-hydrogen) atoms. The van der Waals surface area contributed by atoms with E-state index in [4.69, 9.17) is 5.73 Å². The number of thioether (sulfide) groups is 1. The molecule has 2 N–H and O–H groups in total. The van der Waals surface area contributed by atoms with E-state index in [-0.39, 0.29) is 16.0 Å². The molecular weight excluding hydrogens is 206 g/mol. The zero-order valence-electron chi connectivity index (χ0n) is 7.69.